The first kappa shape index (κ1) is 21.6. The number of ether oxygens (including phenoxy) is 2. The number of carbonyl (C=O) groups excluding carboxylic acids is 1. The fourth-order valence-electron chi connectivity index (χ4n) is 2.99. The van der Waals surface area contributed by atoms with E-state index in [0.29, 0.717) is 32.8 Å². The molecule has 0 fully saturated rings. The average Bonchev–Trinajstić information content (AvgIpc) is 3.08. The molecule has 0 radical (unpaired) electrons. The molecule has 2 aromatic carbocycles. The monoisotopic (exact) mass is 408 g/mol. The SMILES string of the molecule is CCOCc1ccc(CNC(=O)Cc2ccc(OCc3c(C)noc3C)cc2)cc1. The number of nitrogens with zero attached hydrogens (tertiary/aromatic N) is 1. The van der Waals surface area contributed by atoms with E-state index in [2.05, 4.69) is 10.5 Å². The van der Waals surface area contributed by atoms with Crippen molar-refractivity contribution < 1.29 is 18.8 Å². The summed E-state index contributed by atoms with van der Waals surface area (Å²) in [5.74, 6) is 1.49. The van der Waals surface area contributed by atoms with E-state index in [1.54, 1.807) is 0 Å². The van der Waals surface area contributed by atoms with Gasteiger partial charge in [-0.1, -0.05) is 41.6 Å². The normalized spacial score (nSPS) is 10.8. The van der Waals surface area contributed by atoms with Crippen molar-refractivity contribution in [2.45, 2.75) is 47.0 Å². The lowest BCUT2D eigenvalue weighted by atomic mass is 10.1. The standard InChI is InChI=1S/C24H28N2O4/c1-4-28-15-21-7-5-20(6-8-21)14-25-24(27)13-19-9-11-22(12-10-19)29-16-23-17(2)26-30-18(23)3/h5-12H,4,13-16H2,1-3H3,(H,25,27). The lowest BCUT2D eigenvalue weighted by Crippen LogP contribution is -2.24. The highest BCUT2D eigenvalue weighted by Gasteiger charge is 2.10. The molecule has 1 amide bonds. The van der Waals surface area contributed by atoms with Gasteiger partial charge in [-0.3, -0.25) is 4.79 Å². The molecule has 1 aromatic heterocycles. The number of rotatable bonds is 10. The molecule has 3 aromatic rings. The van der Waals surface area contributed by atoms with Gasteiger partial charge in [-0.05, 0) is 49.6 Å². The van der Waals surface area contributed by atoms with Crippen LogP contribution in [0.2, 0.25) is 0 Å². The third kappa shape index (κ3) is 6.19. The third-order valence-corrected chi connectivity index (χ3v) is 4.84. The van der Waals surface area contributed by atoms with Crippen LogP contribution in [0, 0.1) is 13.8 Å². The van der Waals surface area contributed by atoms with Crippen LogP contribution in [-0.2, 0) is 35.7 Å². The smallest absolute Gasteiger partial charge is 0.224 e. The molecular formula is C24H28N2O4. The zero-order chi connectivity index (χ0) is 21.3. The highest BCUT2D eigenvalue weighted by atomic mass is 16.5. The van der Waals surface area contributed by atoms with Gasteiger partial charge in [0.05, 0.1) is 24.3 Å². The lowest BCUT2D eigenvalue weighted by molar-refractivity contribution is -0.120. The quantitative estimate of drug-likeness (QED) is 0.542. The molecule has 0 bridgehead atoms. The van der Waals surface area contributed by atoms with E-state index < -0.39 is 0 Å². The number of amides is 1. The molecule has 0 aliphatic heterocycles. The molecule has 30 heavy (non-hydrogen) atoms. The van der Waals surface area contributed by atoms with Crippen molar-refractivity contribution in [1.29, 1.82) is 0 Å². The maximum absolute atomic E-state index is 12.3. The Kier molecular flexibility index (Phi) is 7.63. The molecule has 0 atom stereocenters. The molecule has 3 rings (SSSR count). The molecule has 6 nitrogen and oxygen atoms in total. The highest BCUT2D eigenvalue weighted by molar-refractivity contribution is 5.78. The van der Waals surface area contributed by atoms with Gasteiger partial charge in [0.2, 0.25) is 5.91 Å². The summed E-state index contributed by atoms with van der Waals surface area (Å²) in [5.41, 5.74) is 4.92. The van der Waals surface area contributed by atoms with Crippen LogP contribution in [0.3, 0.4) is 0 Å². The number of hydrogen-bond acceptors (Lipinski definition) is 5. The van der Waals surface area contributed by atoms with Gasteiger partial charge in [0, 0.05) is 13.2 Å². The molecule has 158 valence electrons. The Labute approximate surface area is 177 Å². The van der Waals surface area contributed by atoms with Gasteiger partial charge in [-0.15, -0.1) is 0 Å². The summed E-state index contributed by atoms with van der Waals surface area (Å²) in [6.07, 6.45) is 0.326. The van der Waals surface area contributed by atoms with Gasteiger partial charge in [-0.25, -0.2) is 0 Å². The molecule has 6 heteroatoms. The van der Waals surface area contributed by atoms with Crippen LogP contribution >= 0.6 is 0 Å². The van der Waals surface area contributed by atoms with Gasteiger partial charge in [0.25, 0.3) is 0 Å². The maximum Gasteiger partial charge on any atom is 0.224 e. The lowest BCUT2D eigenvalue weighted by Gasteiger charge is -2.09. The van der Waals surface area contributed by atoms with Crippen molar-refractivity contribution >= 4 is 5.91 Å². The van der Waals surface area contributed by atoms with E-state index in [1.807, 2.05) is 69.3 Å². The molecule has 0 aliphatic carbocycles. The topological polar surface area (TPSA) is 73.6 Å². The molecular weight excluding hydrogens is 380 g/mol. The van der Waals surface area contributed by atoms with Gasteiger partial charge < -0.3 is 19.3 Å². The van der Waals surface area contributed by atoms with Crippen molar-refractivity contribution in [3.63, 3.8) is 0 Å². The summed E-state index contributed by atoms with van der Waals surface area (Å²) < 4.78 is 16.3. The maximum atomic E-state index is 12.3. The number of hydrogen-bond donors (Lipinski definition) is 1. The van der Waals surface area contributed by atoms with Crippen molar-refractivity contribution in [3.05, 3.63) is 82.2 Å². The Morgan fingerprint density at radius 1 is 0.967 bits per heavy atom. The molecule has 0 saturated heterocycles. The molecule has 0 saturated carbocycles. The van der Waals surface area contributed by atoms with Gasteiger partial charge in [0.1, 0.15) is 18.1 Å². The van der Waals surface area contributed by atoms with E-state index in [4.69, 9.17) is 14.0 Å². The van der Waals surface area contributed by atoms with Crippen LogP contribution in [0.1, 0.15) is 40.6 Å². The van der Waals surface area contributed by atoms with Crippen LogP contribution in [0.15, 0.2) is 53.1 Å². The largest absolute Gasteiger partial charge is 0.489 e. The second-order valence-electron chi connectivity index (χ2n) is 7.14. The number of benzene rings is 2. The van der Waals surface area contributed by atoms with E-state index in [0.717, 1.165) is 39.5 Å². The fourth-order valence-corrected chi connectivity index (χ4v) is 2.99. The minimum Gasteiger partial charge on any atom is -0.489 e. The molecule has 1 heterocycles. The zero-order valence-electron chi connectivity index (χ0n) is 17.7. The van der Waals surface area contributed by atoms with Crippen LogP contribution < -0.4 is 10.1 Å². The van der Waals surface area contributed by atoms with Crippen molar-refractivity contribution in [2.75, 3.05) is 6.61 Å². The summed E-state index contributed by atoms with van der Waals surface area (Å²) in [6, 6.07) is 15.6. The molecule has 0 aliphatic rings. The Morgan fingerprint density at radius 3 is 2.27 bits per heavy atom. The van der Waals surface area contributed by atoms with Crippen molar-refractivity contribution in [2.24, 2.45) is 0 Å². The van der Waals surface area contributed by atoms with Crippen LogP contribution in [-0.4, -0.2) is 17.7 Å². The predicted octanol–water partition coefficient (Wildman–Crippen LogP) is 4.27. The average molecular weight is 408 g/mol. The highest BCUT2D eigenvalue weighted by Crippen LogP contribution is 2.18. The fraction of sp³-hybridized carbons (Fsp3) is 0.333. The second-order valence-corrected chi connectivity index (χ2v) is 7.14. The summed E-state index contributed by atoms with van der Waals surface area (Å²) in [5, 5.41) is 6.89. The Morgan fingerprint density at radius 2 is 1.63 bits per heavy atom. The van der Waals surface area contributed by atoms with Crippen molar-refractivity contribution in [1.82, 2.24) is 10.5 Å². The minimum atomic E-state index is -0.0159. The Bertz CT molecular complexity index is 927. The number of nitrogens with one attached hydrogen (secondary N) is 1. The van der Waals surface area contributed by atoms with Gasteiger partial charge >= 0.3 is 0 Å². The molecule has 0 unspecified atom stereocenters. The number of aromatic nitrogens is 1. The minimum absolute atomic E-state index is 0.0159. The zero-order valence-corrected chi connectivity index (χ0v) is 17.7. The molecule has 0 spiro atoms. The summed E-state index contributed by atoms with van der Waals surface area (Å²) in [4.78, 5) is 12.3. The number of carbonyl (C=O) groups is 1. The van der Waals surface area contributed by atoms with E-state index in [1.165, 1.54) is 0 Å². The summed E-state index contributed by atoms with van der Waals surface area (Å²) in [7, 11) is 0. The van der Waals surface area contributed by atoms with Crippen molar-refractivity contribution in [3.8, 4) is 5.75 Å². The third-order valence-electron chi connectivity index (χ3n) is 4.84. The first-order valence-corrected chi connectivity index (χ1v) is 10.1. The van der Waals surface area contributed by atoms with Crippen LogP contribution in [0.25, 0.3) is 0 Å². The first-order chi connectivity index (χ1) is 14.5. The summed E-state index contributed by atoms with van der Waals surface area (Å²) >= 11 is 0. The number of aryl methyl sites for hydroxylation is 2. The first-order valence-electron chi connectivity index (χ1n) is 10.1. The van der Waals surface area contributed by atoms with E-state index in [9.17, 15) is 4.79 Å². The molecule has 1 N–H and O–H groups in total. The van der Waals surface area contributed by atoms with Gasteiger partial charge in [0.15, 0.2) is 0 Å². The van der Waals surface area contributed by atoms with E-state index in [-0.39, 0.29) is 5.91 Å². The Hall–Kier alpha value is -3.12. The summed E-state index contributed by atoms with van der Waals surface area (Å²) in [6.45, 7) is 7.97. The van der Waals surface area contributed by atoms with Gasteiger partial charge in [-0.2, -0.15) is 0 Å². The Balaban J connectivity index is 1.44. The predicted molar refractivity (Wildman–Crippen MR) is 114 cm³/mol. The second kappa shape index (κ2) is 10.6. The van der Waals surface area contributed by atoms with Crippen LogP contribution in [0.5, 0.6) is 5.75 Å². The van der Waals surface area contributed by atoms with Crippen LogP contribution in [0.4, 0.5) is 0 Å². The van der Waals surface area contributed by atoms with E-state index >= 15 is 0 Å².